The third-order valence-corrected chi connectivity index (χ3v) is 19.4. The molecule has 0 aliphatic carbocycles. The number of esters is 16. The van der Waals surface area contributed by atoms with E-state index in [0.717, 1.165) is 152 Å². The van der Waals surface area contributed by atoms with Crippen LogP contribution in [0.25, 0.3) is 22.0 Å². The molecule has 702 valence electrons. The summed E-state index contributed by atoms with van der Waals surface area (Å²) in [6.07, 6.45) is -46.3. The largest absolute Gasteiger partial charge is 0.463 e. The van der Waals surface area contributed by atoms with Gasteiger partial charge in [0.25, 0.3) is 0 Å². The molecule has 0 saturated carbocycles. The van der Waals surface area contributed by atoms with Crippen LogP contribution in [-0.4, -0.2) is 304 Å². The van der Waals surface area contributed by atoms with Crippen molar-refractivity contribution in [2.75, 3.05) is 39.6 Å². The van der Waals surface area contributed by atoms with Crippen molar-refractivity contribution >= 4 is 106 Å². The van der Waals surface area contributed by atoms with Crippen molar-refractivity contribution in [2.45, 2.75) is 309 Å². The molecule has 5 aliphatic rings. The van der Waals surface area contributed by atoms with E-state index >= 15 is 0 Å². The van der Waals surface area contributed by atoms with Crippen LogP contribution in [0.2, 0.25) is 0 Å². The number of fused-ring (bicyclic) bond motifs is 1. The highest BCUT2D eigenvalue weighted by molar-refractivity contribution is 5.95. The summed E-state index contributed by atoms with van der Waals surface area (Å²) in [7, 11) is 0. The Bertz CT molecular complexity index is 4340. The van der Waals surface area contributed by atoms with Crippen LogP contribution in [-0.2, 0) is 206 Å². The van der Waals surface area contributed by atoms with Crippen LogP contribution in [0.5, 0.6) is 0 Å². The molecule has 1 aromatic heterocycles. The molecule has 6 heterocycles. The normalized spacial score (nSPS) is 29.1. The van der Waals surface area contributed by atoms with Gasteiger partial charge in [-0.3, -0.25) is 81.4 Å². The van der Waals surface area contributed by atoms with E-state index in [2.05, 4.69) is 10.3 Å². The Kier molecular flexibility index (Phi) is 38.5. The predicted octanol–water partition coefficient (Wildman–Crippen LogP) is 2.69. The summed E-state index contributed by atoms with van der Waals surface area (Å²) in [6.45, 7) is 10.8. The average Bonchev–Trinajstić information content (AvgIpc) is 0.904. The quantitative estimate of drug-likeness (QED) is 0.0448. The number of aryl methyl sites for hydroxylation is 1. The van der Waals surface area contributed by atoms with Crippen molar-refractivity contribution in [3.8, 4) is 11.3 Å². The SMILES string of the molecule is CC(=O)OC[C@H]1O[C@H](O[C@@H]2[C@H](OC(C)=O)[C@@H](O[C@@H]3[C@H](OC(C)=O)[C@@H](O[C@@H]4[C@H](OC(C)=O)[C@@H](O[C@@H]5[C@@H](OCCCCCCCCn6cc(-c7cccc8ccccc78)nn6)O[C@H](COC(C)=O)[C@@H](OC(C)=O)[C@@H]5OC(C)=O)O[C@H](COC(C)=O)[C@H]4OC(C)=O)O[C@H](COC(C)=O)[C@H]3OC(C)=O)O[C@H](COC(C)=O)[C@H]2OC(C)=O)[C@@H](OC(C)=O)[C@@H](OC(C)=O)[C@@H]1OC(C)=O. The number of hydrogen-bond acceptors (Lipinski definition) is 44. The molecule has 0 spiro atoms. The lowest BCUT2D eigenvalue weighted by molar-refractivity contribution is -0.397. The summed E-state index contributed by atoms with van der Waals surface area (Å²) in [4.78, 5) is 212. The molecule has 0 N–H and O–H groups in total. The van der Waals surface area contributed by atoms with Gasteiger partial charge in [-0.25, -0.2) is 0 Å². The molecule has 8 rings (SSSR count). The van der Waals surface area contributed by atoms with Gasteiger partial charge in [0.2, 0.25) is 0 Å². The second-order valence-corrected chi connectivity index (χ2v) is 29.8. The van der Waals surface area contributed by atoms with Crippen LogP contribution >= 0.6 is 0 Å². The minimum Gasteiger partial charge on any atom is -0.463 e. The molecule has 127 heavy (non-hydrogen) atoms. The Morgan fingerprint density at radius 1 is 0.283 bits per heavy atom. The van der Waals surface area contributed by atoms with Crippen molar-refractivity contribution < 1.29 is 200 Å². The van der Waals surface area contributed by atoms with Gasteiger partial charge < -0.3 is 123 Å². The molecule has 0 radical (unpaired) electrons. The highest BCUT2D eigenvalue weighted by Gasteiger charge is 2.64. The van der Waals surface area contributed by atoms with Crippen molar-refractivity contribution in [3.05, 3.63) is 48.7 Å². The Morgan fingerprint density at radius 3 is 0.890 bits per heavy atom. The number of aromatic nitrogens is 3. The molecular formula is C82H107N3O42. The van der Waals surface area contributed by atoms with Gasteiger partial charge in [-0.1, -0.05) is 73.4 Å². The Morgan fingerprint density at radius 2 is 0.551 bits per heavy atom. The summed E-state index contributed by atoms with van der Waals surface area (Å²) in [6, 6.07) is 13.9. The lowest BCUT2D eigenvalue weighted by atomic mass is 9.94. The maximum absolute atomic E-state index is 14.1. The lowest BCUT2D eigenvalue weighted by Gasteiger charge is -2.51. The smallest absolute Gasteiger partial charge is 0.303 e. The lowest BCUT2D eigenvalue weighted by Crippen LogP contribution is -2.70. The van der Waals surface area contributed by atoms with Crippen LogP contribution < -0.4 is 0 Å². The molecule has 25 atom stereocenters. The zero-order valence-corrected chi connectivity index (χ0v) is 72.7. The highest BCUT2D eigenvalue weighted by Crippen LogP contribution is 2.43. The van der Waals surface area contributed by atoms with Gasteiger partial charge in [-0.2, -0.15) is 0 Å². The summed E-state index contributed by atoms with van der Waals surface area (Å²) < 4.78 is 159. The molecule has 2 aromatic carbocycles. The highest BCUT2D eigenvalue weighted by atomic mass is 16.8. The van der Waals surface area contributed by atoms with E-state index in [1.54, 1.807) is 4.68 Å². The summed E-state index contributed by atoms with van der Waals surface area (Å²) >= 11 is 0. The minimum atomic E-state index is -2.46. The number of nitrogens with zero attached hydrogens (tertiary/aromatic N) is 3. The predicted molar refractivity (Wildman–Crippen MR) is 414 cm³/mol. The van der Waals surface area contributed by atoms with Crippen molar-refractivity contribution in [3.63, 3.8) is 0 Å². The van der Waals surface area contributed by atoms with Crippen LogP contribution in [0.4, 0.5) is 0 Å². The number of carbonyl (C=O) groups is 16. The zero-order chi connectivity index (χ0) is 93.2. The molecule has 3 aromatic rings. The molecule has 0 bridgehead atoms. The van der Waals surface area contributed by atoms with Crippen molar-refractivity contribution in [2.24, 2.45) is 0 Å². The Labute approximate surface area is 727 Å². The van der Waals surface area contributed by atoms with E-state index in [1.165, 1.54) is 0 Å². The first-order chi connectivity index (χ1) is 60.1. The van der Waals surface area contributed by atoms with Gasteiger partial charge in [-0.05, 0) is 23.6 Å². The van der Waals surface area contributed by atoms with Gasteiger partial charge >= 0.3 is 95.5 Å². The summed E-state index contributed by atoms with van der Waals surface area (Å²) in [5, 5.41) is 10.9. The van der Waals surface area contributed by atoms with E-state index in [9.17, 15) is 76.7 Å². The second-order valence-electron chi connectivity index (χ2n) is 29.8. The number of carbonyl (C=O) groups excluding carboxylic acids is 16. The second kappa shape index (κ2) is 48.2. The van der Waals surface area contributed by atoms with E-state index in [1.807, 2.05) is 48.7 Å². The van der Waals surface area contributed by atoms with Gasteiger partial charge in [0.05, 0.1) is 6.20 Å². The topological polar surface area (TPSA) is 544 Å². The molecule has 5 saturated heterocycles. The fraction of sp³-hybridized carbons (Fsp3) is 0.659. The standard InChI is InChI=1S/C82H107N3O42/c1-38(86)103-33-58-63(108-43(6)91)68(113-48(11)96)73(78(119-58)102-31-24-20-18-17-19-23-30-85-32-57(83-84-85)56-29-25-27-54-26-21-22-28-55(54)56)127-82-77(118-53(16)101)72(67(112-47(10)95)62(123-82)37-107-42(5)90)126-81-76(117-52(15)100)71(66(111-46(9)94)61(122-81)36-106-41(4)89)125-80-75(116-51(14)99)70(65(110-45(8)93)60(121-80)35-105-40(3)88)124-79-74(115-50(13)98)69(114-49(12)97)64(109-44(7)92)59(120-79)34-104-39(2)87/h21-22,25-29,32,58-82H,17-20,23-24,30-31,33-37H2,1-16H3/t58-,59-,60-,61-,62-,63-,64-,65-,66-,67-,68+,69+,70+,71+,72+,73+,74+,75+,76+,77+,78+,79-,80-,81-,82-/m1/s1. The maximum Gasteiger partial charge on any atom is 0.303 e. The zero-order valence-electron chi connectivity index (χ0n) is 72.7. The Hall–Kier alpha value is -11.0. The fourth-order valence-corrected chi connectivity index (χ4v) is 14.7. The number of hydrogen-bond donors (Lipinski definition) is 0. The van der Waals surface area contributed by atoms with Crippen LogP contribution in [0.15, 0.2) is 48.7 Å². The van der Waals surface area contributed by atoms with E-state index < -0.39 is 282 Å². The summed E-state index contributed by atoms with van der Waals surface area (Å²) in [5.74, 6) is -17.4. The number of rotatable bonds is 40. The van der Waals surface area contributed by atoms with E-state index in [4.69, 9.17) is 123 Å². The first-order valence-electron chi connectivity index (χ1n) is 40.6. The van der Waals surface area contributed by atoms with Crippen molar-refractivity contribution in [1.29, 1.82) is 0 Å². The number of ether oxygens (including phenoxy) is 26. The van der Waals surface area contributed by atoms with Gasteiger partial charge in [0.15, 0.2) is 105 Å². The molecule has 5 aliphatic heterocycles. The molecule has 45 nitrogen and oxygen atoms in total. The maximum atomic E-state index is 14.1. The molecule has 0 unspecified atom stereocenters. The molecule has 45 heteroatoms. The monoisotopic (exact) mass is 1810 g/mol. The van der Waals surface area contributed by atoms with Gasteiger partial charge in [-0.15, -0.1) is 5.10 Å². The third kappa shape index (κ3) is 30.3. The van der Waals surface area contributed by atoms with E-state index in [-0.39, 0.29) is 6.61 Å². The van der Waals surface area contributed by atoms with Gasteiger partial charge in [0.1, 0.15) is 87.6 Å². The Balaban J connectivity index is 1.23. The summed E-state index contributed by atoms with van der Waals surface area (Å²) in [5.41, 5.74) is 1.67. The minimum absolute atomic E-state index is 0.161. The van der Waals surface area contributed by atoms with Crippen LogP contribution in [0.3, 0.4) is 0 Å². The molecular weight excluding hydrogens is 1700 g/mol. The molecule has 0 amide bonds. The molecule has 5 fully saturated rings. The first kappa shape index (κ1) is 101. The average molecular weight is 1810 g/mol. The fourth-order valence-electron chi connectivity index (χ4n) is 14.7. The first-order valence-corrected chi connectivity index (χ1v) is 40.6. The van der Waals surface area contributed by atoms with Crippen LogP contribution in [0, 0.1) is 0 Å². The third-order valence-electron chi connectivity index (χ3n) is 19.4. The van der Waals surface area contributed by atoms with Gasteiger partial charge in [0, 0.05) is 129 Å². The van der Waals surface area contributed by atoms with Crippen molar-refractivity contribution in [1.82, 2.24) is 15.0 Å². The number of unbranched alkanes of at least 4 members (excludes halogenated alkanes) is 5. The number of benzene rings is 2. The van der Waals surface area contributed by atoms with Crippen LogP contribution in [0.1, 0.15) is 149 Å². The van der Waals surface area contributed by atoms with E-state index in [0.29, 0.717) is 25.8 Å².